The van der Waals surface area contributed by atoms with Crippen molar-refractivity contribution in [2.75, 3.05) is 19.6 Å². The third kappa shape index (κ3) is 3.98. The van der Waals surface area contributed by atoms with E-state index in [1.54, 1.807) is 11.3 Å². The van der Waals surface area contributed by atoms with Crippen molar-refractivity contribution >= 4 is 38.9 Å². The number of rotatable bonds is 4. The summed E-state index contributed by atoms with van der Waals surface area (Å²) >= 11 is 11.3. The van der Waals surface area contributed by atoms with Crippen molar-refractivity contribution in [1.29, 1.82) is 0 Å². The van der Waals surface area contributed by atoms with Crippen LogP contribution in [0, 0.1) is 11.8 Å². The van der Waals surface area contributed by atoms with Gasteiger partial charge in [0.1, 0.15) is 4.34 Å². The summed E-state index contributed by atoms with van der Waals surface area (Å²) in [6.45, 7) is 7.65. The molecule has 114 valence electrons. The van der Waals surface area contributed by atoms with E-state index in [2.05, 4.69) is 40.7 Å². The van der Waals surface area contributed by atoms with Crippen LogP contribution in [0.25, 0.3) is 0 Å². The van der Waals surface area contributed by atoms with Crippen molar-refractivity contribution in [1.82, 2.24) is 4.90 Å². The summed E-state index contributed by atoms with van der Waals surface area (Å²) in [5, 5.41) is 0. The van der Waals surface area contributed by atoms with Gasteiger partial charge in [-0.1, -0.05) is 25.4 Å². The topological polar surface area (TPSA) is 29.3 Å². The number of thiophene rings is 1. The summed E-state index contributed by atoms with van der Waals surface area (Å²) in [6.07, 6.45) is 3.91. The van der Waals surface area contributed by atoms with Gasteiger partial charge in [-0.3, -0.25) is 4.90 Å². The van der Waals surface area contributed by atoms with E-state index in [9.17, 15) is 0 Å². The Morgan fingerprint density at radius 1 is 1.45 bits per heavy atom. The lowest BCUT2D eigenvalue weighted by Crippen LogP contribution is -2.34. The summed E-state index contributed by atoms with van der Waals surface area (Å²) in [5.41, 5.74) is 6.05. The average molecular weight is 380 g/mol. The first-order chi connectivity index (χ1) is 9.52. The fourth-order valence-corrected chi connectivity index (χ4v) is 4.98. The quantitative estimate of drug-likeness (QED) is 0.804. The van der Waals surface area contributed by atoms with Crippen LogP contribution < -0.4 is 5.73 Å². The highest BCUT2D eigenvalue weighted by atomic mass is 79.9. The van der Waals surface area contributed by atoms with E-state index in [0.29, 0.717) is 12.6 Å². The first-order valence-corrected chi connectivity index (χ1v) is 9.40. The molecule has 1 aromatic rings. The Morgan fingerprint density at radius 3 is 2.75 bits per heavy atom. The molecule has 2 heterocycles. The molecule has 2 rings (SSSR count). The van der Waals surface area contributed by atoms with Gasteiger partial charge in [-0.2, -0.15) is 0 Å². The molecule has 1 aromatic heterocycles. The van der Waals surface area contributed by atoms with Crippen LogP contribution in [0.15, 0.2) is 10.5 Å². The Morgan fingerprint density at radius 2 is 2.20 bits per heavy atom. The molecule has 1 aliphatic rings. The van der Waals surface area contributed by atoms with Gasteiger partial charge in [0.15, 0.2) is 0 Å². The molecule has 0 aliphatic carbocycles. The molecule has 0 radical (unpaired) electrons. The monoisotopic (exact) mass is 378 g/mol. The van der Waals surface area contributed by atoms with E-state index in [0.717, 1.165) is 33.7 Å². The molecule has 0 spiro atoms. The van der Waals surface area contributed by atoms with Gasteiger partial charge in [0, 0.05) is 15.9 Å². The fraction of sp³-hybridized carbons (Fsp3) is 0.733. The summed E-state index contributed by atoms with van der Waals surface area (Å²) < 4.78 is 1.82. The fourth-order valence-electron chi connectivity index (χ4n) is 3.10. The van der Waals surface area contributed by atoms with Crippen molar-refractivity contribution in [2.45, 2.75) is 39.2 Å². The lowest BCUT2D eigenvalue weighted by Gasteiger charge is -2.29. The summed E-state index contributed by atoms with van der Waals surface area (Å²) in [5.74, 6) is 1.65. The van der Waals surface area contributed by atoms with E-state index >= 15 is 0 Å². The molecule has 2 unspecified atom stereocenters. The van der Waals surface area contributed by atoms with Crippen LogP contribution in [0.3, 0.4) is 0 Å². The number of nitrogens with two attached hydrogens (primary N) is 1. The van der Waals surface area contributed by atoms with E-state index in [4.69, 9.17) is 17.3 Å². The van der Waals surface area contributed by atoms with Crippen molar-refractivity contribution in [3.8, 4) is 0 Å². The highest BCUT2D eigenvalue weighted by molar-refractivity contribution is 9.10. The molecular weight excluding hydrogens is 356 g/mol. The Hall–Kier alpha value is 0.390. The maximum Gasteiger partial charge on any atom is 0.107 e. The Labute approximate surface area is 139 Å². The standard InChI is InChI=1S/C15H24BrClN2S/c1-10(2)11-4-3-6-19(7-5-11)13(9-18)14-8-12(16)15(17)20-14/h8,10-11,13H,3-7,9,18H2,1-2H3. The van der Waals surface area contributed by atoms with Crippen LogP contribution in [0.1, 0.15) is 44.0 Å². The predicted octanol–water partition coefficient (Wildman–Crippen LogP) is 4.92. The molecule has 0 bridgehead atoms. The number of likely N-dealkylation sites (tertiary alicyclic amines) is 1. The molecule has 2 atom stereocenters. The van der Waals surface area contributed by atoms with Crippen LogP contribution >= 0.6 is 38.9 Å². The summed E-state index contributed by atoms with van der Waals surface area (Å²) in [6, 6.07) is 2.45. The van der Waals surface area contributed by atoms with Gasteiger partial charge in [-0.05, 0) is 66.2 Å². The van der Waals surface area contributed by atoms with Crippen molar-refractivity contribution in [2.24, 2.45) is 17.6 Å². The highest BCUT2D eigenvalue weighted by Gasteiger charge is 2.26. The minimum absolute atomic E-state index is 0.315. The van der Waals surface area contributed by atoms with Gasteiger partial charge in [0.2, 0.25) is 0 Å². The SMILES string of the molecule is CC(C)C1CCCN(C(CN)c2cc(Br)c(Cl)s2)CC1. The molecule has 1 saturated heterocycles. The molecular formula is C15H24BrClN2S. The first-order valence-electron chi connectivity index (χ1n) is 7.41. The molecule has 1 fully saturated rings. The Balaban J connectivity index is 2.08. The number of hydrogen-bond donors (Lipinski definition) is 1. The van der Waals surface area contributed by atoms with Gasteiger partial charge in [-0.15, -0.1) is 11.3 Å². The summed E-state index contributed by atoms with van der Waals surface area (Å²) in [7, 11) is 0. The molecule has 1 aliphatic heterocycles. The van der Waals surface area contributed by atoms with E-state index < -0.39 is 0 Å². The average Bonchev–Trinajstić information content (AvgIpc) is 2.63. The van der Waals surface area contributed by atoms with E-state index in [1.807, 2.05) is 0 Å². The van der Waals surface area contributed by atoms with Gasteiger partial charge >= 0.3 is 0 Å². The maximum absolute atomic E-state index is 6.18. The molecule has 0 aromatic carbocycles. The number of nitrogens with zero attached hydrogens (tertiary/aromatic N) is 1. The Bertz CT molecular complexity index is 416. The lowest BCUT2D eigenvalue weighted by molar-refractivity contribution is 0.206. The number of halogens is 2. The second kappa shape index (κ2) is 7.59. The molecule has 0 saturated carbocycles. The van der Waals surface area contributed by atoms with E-state index in [-0.39, 0.29) is 0 Å². The van der Waals surface area contributed by atoms with Crippen LogP contribution in [-0.2, 0) is 0 Å². The third-order valence-corrected chi connectivity index (χ3v) is 6.98. The second-order valence-corrected chi connectivity index (χ2v) is 8.53. The smallest absolute Gasteiger partial charge is 0.107 e. The van der Waals surface area contributed by atoms with Crippen LogP contribution in [0.5, 0.6) is 0 Å². The largest absolute Gasteiger partial charge is 0.329 e. The van der Waals surface area contributed by atoms with Crippen LogP contribution in [-0.4, -0.2) is 24.5 Å². The highest BCUT2D eigenvalue weighted by Crippen LogP contribution is 2.38. The van der Waals surface area contributed by atoms with Gasteiger partial charge in [-0.25, -0.2) is 0 Å². The Kier molecular flexibility index (Phi) is 6.36. The third-order valence-electron chi connectivity index (χ3n) is 4.41. The van der Waals surface area contributed by atoms with Crippen molar-refractivity contribution in [3.05, 3.63) is 19.8 Å². The molecule has 0 amide bonds. The second-order valence-electron chi connectivity index (χ2n) is 5.99. The first kappa shape index (κ1) is 16.8. The normalized spacial score (nSPS) is 23.0. The minimum Gasteiger partial charge on any atom is -0.329 e. The van der Waals surface area contributed by atoms with E-state index in [1.165, 1.54) is 24.1 Å². The molecule has 2 N–H and O–H groups in total. The van der Waals surface area contributed by atoms with Crippen molar-refractivity contribution in [3.63, 3.8) is 0 Å². The molecule has 20 heavy (non-hydrogen) atoms. The van der Waals surface area contributed by atoms with Gasteiger partial charge in [0.25, 0.3) is 0 Å². The summed E-state index contributed by atoms with van der Waals surface area (Å²) in [4.78, 5) is 3.84. The zero-order chi connectivity index (χ0) is 14.7. The lowest BCUT2D eigenvalue weighted by atomic mass is 9.89. The molecule has 2 nitrogen and oxygen atoms in total. The van der Waals surface area contributed by atoms with Crippen LogP contribution in [0.4, 0.5) is 0 Å². The zero-order valence-corrected chi connectivity index (χ0v) is 15.4. The van der Waals surface area contributed by atoms with Crippen LogP contribution in [0.2, 0.25) is 4.34 Å². The maximum atomic E-state index is 6.18. The van der Waals surface area contributed by atoms with Gasteiger partial charge < -0.3 is 5.73 Å². The van der Waals surface area contributed by atoms with Crippen molar-refractivity contribution < 1.29 is 0 Å². The minimum atomic E-state index is 0.315. The molecule has 5 heteroatoms. The number of hydrogen-bond acceptors (Lipinski definition) is 3. The zero-order valence-electron chi connectivity index (χ0n) is 12.2. The predicted molar refractivity (Wildman–Crippen MR) is 92.6 cm³/mol. The van der Waals surface area contributed by atoms with Gasteiger partial charge in [0.05, 0.1) is 6.04 Å².